The fourth-order valence-electron chi connectivity index (χ4n) is 2.91. The van der Waals surface area contributed by atoms with Gasteiger partial charge in [0.05, 0.1) is 25.2 Å². The van der Waals surface area contributed by atoms with Crippen molar-refractivity contribution in [2.45, 2.75) is 44.1 Å². The van der Waals surface area contributed by atoms with Crippen LogP contribution in [0.2, 0.25) is 0 Å². The second-order valence-electron chi connectivity index (χ2n) is 5.27. The van der Waals surface area contributed by atoms with E-state index in [2.05, 4.69) is 6.07 Å². The van der Waals surface area contributed by atoms with Crippen molar-refractivity contribution in [3.63, 3.8) is 0 Å². The highest BCUT2D eigenvalue weighted by Crippen LogP contribution is 2.33. The Morgan fingerprint density at radius 2 is 1.84 bits per heavy atom. The molecule has 1 aliphatic carbocycles. The Balaban J connectivity index is 2.11. The number of ether oxygens (including phenoxy) is 1. The maximum Gasteiger partial charge on any atom is 0.118 e. The molecule has 1 aromatic rings. The quantitative estimate of drug-likeness (QED) is 0.903. The van der Waals surface area contributed by atoms with E-state index in [1.54, 1.807) is 7.11 Å². The Morgan fingerprint density at radius 3 is 2.37 bits per heavy atom. The molecule has 0 radical (unpaired) electrons. The third-order valence-electron chi connectivity index (χ3n) is 4.09. The second kappa shape index (κ2) is 6.58. The first-order valence-electron chi connectivity index (χ1n) is 6.98. The van der Waals surface area contributed by atoms with E-state index >= 15 is 0 Å². The standard InChI is InChI=1S/C16H21NO2/c1-19-14-9-7-12(8-10-14)15(11-17)16(18)13-5-3-2-4-6-13/h7-10,13,15-16,18H,2-6H2,1H3/t15-,16-/m0/s1. The van der Waals surface area contributed by atoms with Gasteiger partial charge in [-0.2, -0.15) is 5.26 Å². The maximum atomic E-state index is 10.5. The van der Waals surface area contributed by atoms with Crippen LogP contribution in [-0.4, -0.2) is 18.3 Å². The zero-order valence-corrected chi connectivity index (χ0v) is 11.4. The van der Waals surface area contributed by atoms with Crippen LogP contribution in [0.3, 0.4) is 0 Å². The molecule has 19 heavy (non-hydrogen) atoms. The molecule has 0 heterocycles. The number of benzene rings is 1. The van der Waals surface area contributed by atoms with Gasteiger partial charge in [-0.15, -0.1) is 0 Å². The summed E-state index contributed by atoms with van der Waals surface area (Å²) in [5, 5.41) is 19.8. The van der Waals surface area contributed by atoms with Crippen LogP contribution in [-0.2, 0) is 0 Å². The molecule has 3 heteroatoms. The Hall–Kier alpha value is -1.53. The summed E-state index contributed by atoms with van der Waals surface area (Å²) in [6, 6.07) is 9.69. The van der Waals surface area contributed by atoms with Crippen LogP contribution in [0.4, 0.5) is 0 Å². The van der Waals surface area contributed by atoms with Crippen molar-refractivity contribution in [3.8, 4) is 11.8 Å². The van der Waals surface area contributed by atoms with E-state index in [-0.39, 0.29) is 5.92 Å². The first-order chi connectivity index (χ1) is 9.26. The van der Waals surface area contributed by atoms with Crippen LogP contribution < -0.4 is 4.74 Å². The van der Waals surface area contributed by atoms with Crippen molar-refractivity contribution in [2.24, 2.45) is 5.92 Å². The highest BCUT2D eigenvalue weighted by Gasteiger charge is 2.29. The molecule has 0 amide bonds. The lowest BCUT2D eigenvalue weighted by molar-refractivity contribution is 0.0744. The third-order valence-corrected chi connectivity index (χ3v) is 4.09. The molecular formula is C16H21NO2. The number of rotatable bonds is 4. The lowest BCUT2D eigenvalue weighted by atomic mass is 9.79. The maximum absolute atomic E-state index is 10.5. The fraction of sp³-hybridized carbons (Fsp3) is 0.562. The molecule has 1 aliphatic rings. The van der Waals surface area contributed by atoms with Gasteiger partial charge in [0.1, 0.15) is 5.75 Å². The zero-order chi connectivity index (χ0) is 13.7. The summed E-state index contributed by atoms with van der Waals surface area (Å²) in [5.74, 6) is 0.599. The normalized spacial score (nSPS) is 19.4. The molecule has 0 saturated heterocycles. The number of hydrogen-bond acceptors (Lipinski definition) is 3. The van der Waals surface area contributed by atoms with Gasteiger partial charge in [-0.3, -0.25) is 0 Å². The first kappa shape index (κ1) is 13.9. The van der Waals surface area contributed by atoms with Gasteiger partial charge >= 0.3 is 0 Å². The van der Waals surface area contributed by atoms with E-state index in [0.717, 1.165) is 24.2 Å². The molecule has 0 unspecified atom stereocenters. The highest BCUT2D eigenvalue weighted by molar-refractivity contribution is 5.33. The van der Waals surface area contributed by atoms with Crippen molar-refractivity contribution < 1.29 is 9.84 Å². The van der Waals surface area contributed by atoms with Crippen molar-refractivity contribution in [3.05, 3.63) is 29.8 Å². The van der Waals surface area contributed by atoms with Gasteiger partial charge < -0.3 is 9.84 Å². The molecule has 3 nitrogen and oxygen atoms in total. The van der Waals surface area contributed by atoms with Crippen LogP contribution in [0.1, 0.15) is 43.6 Å². The van der Waals surface area contributed by atoms with Gasteiger partial charge in [0.15, 0.2) is 0 Å². The number of aliphatic hydroxyl groups excluding tert-OH is 1. The Kier molecular flexibility index (Phi) is 4.81. The largest absolute Gasteiger partial charge is 0.497 e. The minimum Gasteiger partial charge on any atom is -0.497 e. The summed E-state index contributed by atoms with van der Waals surface area (Å²) in [6.45, 7) is 0. The predicted molar refractivity (Wildman–Crippen MR) is 73.9 cm³/mol. The van der Waals surface area contributed by atoms with Crippen LogP contribution in [0.15, 0.2) is 24.3 Å². The molecule has 1 aromatic carbocycles. The van der Waals surface area contributed by atoms with E-state index in [9.17, 15) is 10.4 Å². The lowest BCUT2D eigenvalue weighted by Crippen LogP contribution is -2.28. The Labute approximate surface area is 114 Å². The van der Waals surface area contributed by atoms with Crippen LogP contribution in [0.25, 0.3) is 0 Å². The third kappa shape index (κ3) is 3.27. The summed E-state index contributed by atoms with van der Waals surface area (Å²) >= 11 is 0. The van der Waals surface area contributed by atoms with E-state index in [1.165, 1.54) is 19.3 Å². The van der Waals surface area contributed by atoms with Gasteiger partial charge in [-0.25, -0.2) is 0 Å². The van der Waals surface area contributed by atoms with E-state index in [1.807, 2.05) is 24.3 Å². The Morgan fingerprint density at radius 1 is 1.21 bits per heavy atom. The first-order valence-corrected chi connectivity index (χ1v) is 6.98. The molecule has 0 aromatic heterocycles. The van der Waals surface area contributed by atoms with Gasteiger partial charge in [0, 0.05) is 0 Å². The van der Waals surface area contributed by atoms with Gasteiger partial charge in [-0.1, -0.05) is 31.4 Å². The van der Waals surface area contributed by atoms with E-state index < -0.39 is 12.0 Å². The van der Waals surface area contributed by atoms with Crippen molar-refractivity contribution in [2.75, 3.05) is 7.11 Å². The topological polar surface area (TPSA) is 53.2 Å². The molecule has 1 N–H and O–H groups in total. The minimum absolute atomic E-state index is 0.264. The average molecular weight is 259 g/mol. The molecule has 102 valence electrons. The highest BCUT2D eigenvalue weighted by atomic mass is 16.5. The summed E-state index contributed by atoms with van der Waals surface area (Å²) in [5.41, 5.74) is 0.876. The molecule has 1 fully saturated rings. The van der Waals surface area contributed by atoms with Crippen molar-refractivity contribution >= 4 is 0 Å². The minimum atomic E-state index is -0.557. The molecule has 0 spiro atoms. The van der Waals surface area contributed by atoms with Gasteiger partial charge in [0.25, 0.3) is 0 Å². The van der Waals surface area contributed by atoms with E-state index in [0.29, 0.717) is 0 Å². The van der Waals surface area contributed by atoms with Crippen molar-refractivity contribution in [1.29, 1.82) is 5.26 Å². The second-order valence-corrected chi connectivity index (χ2v) is 5.27. The molecule has 0 bridgehead atoms. The van der Waals surface area contributed by atoms with Gasteiger partial charge in [0.2, 0.25) is 0 Å². The zero-order valence-electron chi connectivity index (χ0n) is 11.4. The number of methoxy groups -OCH3 is 1. The molecule has 0 aliphatic heterocycles. The molecule has 2 rings (SSSR count). The van der Waals surface area contributed by atoms with Crippen LogP contribution in [0.5, 0.6) is 5.75 Å². The lowest BCUT2D eigenvalue weighted by Gasteiger charge is -2.29. The van der Waals surface area contributed by atoms with Crippen LogP contribution in [0, 0.1) is 17.2 Å². The number of nitriles is 1. The number of hydrogen-bond donors (Lipinski definition) is 1. The Bertz CT molecular complexity index is 429. The average Bonchev–Trinajstić information content (AvgIpc) is 2.49. The summed E-state index contributed by atoms with van der Waals surface area (Å²) in [7, 11) is 1.62. The predicted octanol–water partition coefficient (Wildman–Crippen LogP) is 3.24. The fourth-order valence-corrected chi connectivity index (χ4v) is 2.91. The van der Waals surface area contributed by atoms with Crippen molar-refractivity contribution in [1.82, 2.24) is 0 Å². The molecular weight excluding hydrogens is 238 g/mol. The SMILES string of the molecule is COc1ccc([C@H](C#N)[C@@H](O)C2CCCCC2)cc1. The molecule has 1 saturated carbocycles. The van der Waals surface area contributed by atoms with E-state index in [4.69, 9.17) is 4.74 Å². The van der Waals surface area contributed by atoms with Crippen LogP contribution >= 0.6 is 0 Å². The summed E-state index contributed by atoms with van der Waals surface area (Å²) < 4.78 is 5.11. The smallest absolute Gasteiger partial charge is 0.118 e. The summed E-state index contributed by atoms with van der Waals surface area (Å²) in [4.78, 5) is 0. The molecule has 2 atom stereocenters. The monoisotopic (exact) mass is 259 g/mol. The number of aliphatic hydroxyl groups is 1. The van der Waals surface area contributed by atoms with Gasteiger partial charge in [-0.05, 0) is 36.5 Å². The summed E-state index contributed by atoms with van der Waals surface area (Å²) in [6.07, 6.45) is 5.11. The number of nitrogens with zero attached hydrogens (tertiary/aromatic N) is 1.